The highest BCUT2D eigenvalue weighted by atomic mass is 16.6. The average Bonchev–Trinajstić information content (AvgIpc) is 3.11. The maximum atomic E-state index is 12.2. The molecule has 1 amide bonds. The van der Waals surface area contributed by atoms with Gasteiger partial charge in [-0.2, -0.15) is 14.9 Å². The Morgan fingerprint density at radius 3 is 2.46 bits per heavy atom. The molecule has 3 aromatic heterocycles. The number of amides is 1. The number of nitrogens with one attached hydrogen (secondary N) is 1. The van der Waals surface area contributed by atoms with Crippen molar-refractivity contribution in [3.8, 4) is 11.1 Å². The molecule has 0 saturated carbocycles. The van der Waals surface area contributed by atoms with E-state index in [0.717, 1.165) is 5.56 Å². The van der Waals surface area contributed by atoms with E-state index in [-0.39, 0.29) is 5.91 Å². The fourth-order valence-corrected chi connectivity index (χ4v) is 2.58. The highest BCUT2D eigenvalue weighted by molar-refractivity contribution is 6.04. The molecular weight excluding hydrogens is 336 g/mol. The molecule has 0 aromatic carbocycles. The summed E-state index contributed by atoms with van der Waals surface area (Å²) in [5, 5.41) is 11.6. The number of anilines is 1. The fraction of sp³-hybridized carbons (Fsp3) is 0.353. The lowest BCUT2D eigenvalue weighted by Gasteiger charge is -2.20. The van der Waals surface area contributed by atoms with Gasteiger partial charge < -0.3 is 4.74 Å². The van der Waals surface area contributed by atoms with Gasteiger partial charge in [-0.3, -0.25) is 14.8 Å². The number of hydrogen-bond acceptors (Lipinski definition) is 6. The number of ether oxygens (including phenoxy) is 1. The van der Waals surface area contributed by atoms with Gasteiger partial charge in [0.25, 0.3) is 0 Å². The Balaban J connectivity index is 2.13. The topological polar surface area (TPSA) is 104 Å². The van der Waals surface area contributed by atoms with E-state index < -0.39 is 11.7 Å². The molecule has 0 bridgehead atoms. The first-order valence-electron chi connectivity index (χ1n) is 8.02. The van der Waals surface area contributed by atoms with Gasteiger partial charge in [0.15, 0.2) is 0 Å². The molecule has 1 N–H and O–H groups in total. The van der Waals surface area contributed by atoms with Gasteiger partial charge in [0.1, 0.15) is 11.4 Å². The molecule has 0 spiro atoms. The van der Waals surface area contributed by atoms with Crippen LogP contribution in [-0.4, -0.2) is 42.1 Å². The second kappa shape index (κ2) is 6.25. The van der Waals surface area contributed by atoms with E-state index in [1.165, 1.54) is 17.8 Å². The first-order valence-corrected chi connectivity index (χ1v) is 8.02. The maximum Gasteiger partial charge on any atom is 0.413 e. The Hall–Kier alpha value is -3.23. The lowest BCUT2D eigenvalue weighted by Crippen LogP contribution is -2.27. The van der Waals surface area contributed by atoms with Gasteiger partial charge in [0, 0.05) is 36.7 Å². The average molecular weight is 356 g/mol. The number of hydrogen-bond donors (Lipinski definition) is 1. The summed E-state index contributed by atoms with van der Waals surface area (Å²) in [6.45, 7) is 6.76. The van der Waals surface area contributed by atoms with Crippen LogP contribution in [0.15, 0.2) is 24.8 Å². The lowest BCUT2D eigenvalue weighted by atomic mass is 10.1. The summed E-state index contributed by atoms with van der Waals surface area (Å²) >= 11 is 0. The smallest absolute Gasteiger partial charge is 0.413 e. The number of carbonyl (C=O) groups is 2. The molecule has 3 heterocycles. The second-order valence-electron chi connectivity index (χ2n) is 6.89. The third kappa shape index (κ3) is 3.41. The summed E-state index contributed by atoms with van der Waals surface area (Å²) in [6, 6.07) is 0. The summed E-state index contributed by atoms with van der Waals surface area (Å²) in [7, 11) is 1.79. The van der Waals surface area contributed by atoms with Gasteiger partial charge in [0.05, 0.1) is 24.1 Å². The first kappa shape index (κ1) is 17.6. The van der Waals surface area contributed by atoms with Crippen LogP contribution >= 0.6 is 0 Å². The molecule has 0 radical (unpaired) electrons. The van der Waals surface area contributed by atoms with Crippen LogP contribution in [0.2, 0.25) is 0 Å². The summed E-state index contributed by atoms with van der Waals surface area (Å²) in [5.41, 5.74) is 1.27. The van der Waals surface area contributed by atoms with Crippen LogP contribution in [0.1, 0.15) is 32.5 Å². The minimum Gasteiger partial charge on any atom is -0.444 e. The van der Waals surface area contributed by atoms with Crippen molar-refractivity contribution in [2.45, 2.75) is 33.3 Å². The number of pyridine rings is 1. The predicted molar refractivity (Wildman–Crippen MR) is 95.9 cm³/mol. The Morgan fingerprint density at radius 1 is 1.15 bits per heavy atom. The number of rotatable bonds is 2. The Bertz CT molecular complexity index is 996. The largest absolute Gasteiger partial charge is 0.444 e. The van der Waals surface area contributed by atoms with Crippen LogP contribution in [0.25, 0.3) is 22.0 Å². The van der Waals surface area contributed by atoms with Gasteiger partial charge in [-0.05, 0) is 20.8 Å². The van der Waals surface area contributed by atoms with Crippen LogP contribution in [-0.2, 0) is 11.8 Å². The minimum atomic E-state index is -0.637. The molecule has 9 nitrogen and oxygen atoms in total. The van der Waals surface area contributed by atoms with Crippen LogP contribution in [0.3, 0.4) is 0 Å². The molecule has 26 heavy (non-hydrogen) atoms. The Labute approximate surface area is 150 Å². The predicted octanol–water partition coefficient (Wildman–Crippen LogP) is 2.84. The zero-order valence-corrected chi connectivity index (χ0v) is 15.3. The highest BCUT2D eigenvalue weighted by Crippen LogP contribution is 2.34. The molecule has 136 valence electrons. The van der Waals surface area contributed by atoms with Gasteiger partial charge >= 0.3 is 6.09 Å². The molecule has 3 aromatic rings. The Kier molecular flexibility index (Phi) is 4.23. The molecular formula is C17H20N6O3. The molecule has 0 aliphatic heterocycles. The third-order valence-corrected chi connectivity index (χ3v) is 3.54. The van der Waals surface area contributed by atoms with Crippen LogP contribution in [0.5, 0.6) is 0 Å². The van der Waals surface area contributed by atoms with E-state index in [2.05, 4.69) is 20.5 Å². The molecule has 3 rings (SSSR count). The second-order valence-corrected chi connectivity index (χ2v) is 6.89. The number of aryl methyl sites for hydroxylation is 1. The van der Waals surface area contributed by atoms with Crippen molar-refractivity contribution in [2.75, 3.05) is 5.32 Å². The van der Waals surface area contributed by atoms with Crippen LogP contribution < -0.4 is 5.32 Å². The van der Waals surface area contributed by atoms with Crippen LogP contribution in [0, 0.1) is 0 Å². The molecule has 0 atom stereocenters. The van der Waals surface area contributed by atoms with Crippen LogP contribution in [0.4, 0.5) is 10.6 Å². The van der Waals surface area contributed by atoms with Crippen molar-refractivity contribution >= 4 is 28.7 Å². The summed E-state index contributed by atoms with van der Waals surface area (Å²) < 4.78 is 8.21. The number of fused-ring (bicyclic) bond motifs is 1. The normalized spacial score (nSPS) is 11.6. The molecule has 0 unspecified atom stereocenters. The molecule has 9 heteroatoms. The first-order chi connectivity index (χ1) is 12.2. The molecule has 0 aliphatic rings. The summed E-state index contributed by atoms with van der Waals surface area (Å²) in [5.74, 6) is 0.0784. The standard InChI is InChI=1S/C17H20N6O3/c1-10(24)23-13-8-18-15(21-16(25)26-17(2,3)4)14(12(13)7-20-23)11-6-19-22(5)9-11/h6-9H,1-5H3,(H,18,21,25). The summed E-state index contributed by atoms with van der Waals surface area (Å²) in [4.78, 5) is 28.3. The van der Waals surface area contributed by atoms with Gasteiger partial charge in [-0.15, -0.1) is 0 Å². The number of carbonyl (C=O) groups excluding carboxylic acids is 2. The molecule has 0 saturated heterocycles. The van der Waals surface area contributed by atoms with Crippen molar-refractivity contribution in [3.63, 3.8) is 0 Å². The fourth-order valence-electron chi connectivity index (χ4n) is 2.58. The third-order valence-electron chi connectivity index (χ3n) is 3.54. The van der Waals surface area contributed by atoms with E-state index >= 15 is 0 Å². The van der Waals surface area contributed by atoms with Crippen molar-refractivity contribution in [2.24, 2.45) is 7.05 Å². The quantitative estimate of drug-likeness (QED) is 0.757. The lowest BCUT2D eigenvalue weighted by molar-refractivity contribution is 0.0635. The van der Waals surface area contributed by atoms with Gasteiger partial charge in [-0.25, -0.2) is 9.78 Å². The van der Waals surface area contributed by atoms with E-state index in [1.54, 1.807) is 51.1 Å². The monoisotopic (exact) mass is 356 g/mol. The van der Waals surface area contributed by atoms with Crippen molar-refractivity contribution in [1.82, 2.24) is 24.5 Å². The van der Waals surface area contributed by atoms with Crippen molar-refractivity contribution in [1.29, 1.82) is 0 Å². The number of nitrogens with zero attached hydrogens (tertiary/aromatic N) is 5. The van der Waals surface area contributed by atoms with E-state index in [1.807, 2.05) is 0 Å². The van der Waals surface area contributed by atoms with Gasteiger partial charge in [0.2, 0.25) is 5.91 Å². The van der Waals surface area contributed by atoms with Crippen molar-refractivity contribution < 1.29 is 14.3 Å². The summed E-state index contributed by atoms with van der Waals surface area (Å²) in [6.07, 6.45) is 5.90. The van der Waals surface area contributed by atoms with Crippen molar-refractivity contribution in [3.05, 3.63) is 24.8 Å². The SMILES string of the molecule is CC(=O)n1ncc2c(-c3cnn(C)c3)c(NC(=O)OC(C)(C)C)ncc21. The van der Waals surface area contributed by atoms with E-state index in [0.29, 0.717) is 22.3 Å². The van der Waals surface area contributed by atoms with Gasteiger partial charge in [-0.1, -0.05) is 0 Å². The number of aromatic nitrogens is 5. The highest BCUT2D eigenvalue weighted by Gasteiger charge is 2.21. The molecule has 0 aliphatic carbocycles. The zero-order chi connectivity index (χ0) is 19.1. The zero-order valence-electron chi connectivity index (χ0n) is 15.3. The molecule has 0 fully saturated rings. The Morgan fingerprint density at radius 2 is 1.88 bits per heavy atom. The maximum absolute atomic E-state index is 12.2. The van der Waals surface area contributed by atoms with E-state index in [9.17, 15) is 9.59 Å². The minimum absolute atomic E-state index is 0.230. The van der Waals surface area contributed by atoms with E-state index in [4.69, 9.17) is 4.74 Å².